The monoisotopic (exact) mass is 504 g/mol. The average molecular weight is 505 g/mol. The number of nitrogens with zero attached hydrogens (tertiary/aromatic N) is 1. The number of carbonyl (C=O) groups is 1. The summed E-state index contributed by atoms with van der Waals surface area (Å²) in [4.78, 5) is 15.5. The topological polar surface area (TPSA) is 61.8 Å². The van der Waals surface area contributed by atoms with E-state index in [9.17, 15) is 14.3 Å². The first-order valence-corrected chi connectivity index (χ1v) is 13.1. The first-order valence-electron chi connectivity index (χ1n) is 13.1. The predicted molar refractivity (Wildman–Crippen MR) is 145 cm³/mol. The van der Waals surface area contributed by atoms with Gasteiger partial charge in [-0.1, -0.05) is 54.6 Å². The van der Waals surface area contributed by atoms with Crippen molar-refractivity contribution in [1.29, 1.82) is 0 Å². The lowest BCUT2D eigenvalue weighted by atomic mass is 10.0. The third-order valence-corrected chi connectivity index (χ3v) is 7.02. The molecule has 0 heterocycles. The van der Waals surface area contributed by atoms with Crippen LogP contribution in [-0.2, 0) is 17.7 Å². The smallest absolute Gasteiger partial charge is 0.254 e. The number of hydrogen-bond donors (Lipinski definition) is 2. The zero-order chi connectivity index (χ0) is 26.4. The number of fused-ring (bicyclic) bond motifs is 1. The highest BCUT2D eigenvalue weighted by Gasteiger charge is 2.33. The van der Waals surface area contributed by atoms with E-state index in [0.29, 0.717) is 18.0 Å². The van der Waals surface area contributed by atoms with Gasteiger partial charge in [0.2, 0.25) is 0 Å². The molecule has 6 heteroatoms. The quantitative estimate of drug-likeness (QED) is 0.338. The van der Waals surface area contributed by atoms with Crippen molar-refractivity contribution in [3.63, 3.8) is 0 Å². The first-order chi connectivity index (χ1) is 17.9. The Balaban J connectivity index is 1.48. The summed E-state index contributed by atoms with van der Waals surface area (Å²) < 4.78 is 20.4. The molecule has 1 amide bonds. The van der Waals surface area contributed by atoms with E-state index >= 15 is 0 Å². The van der Waals surface area contributed by atoms with Crippen LogP contribution in [0, 0.1) is 5.82 Å². The van der Waals surface area contributed by atoms with Crippen molar-refractivity contribution >= 4 is 5.91 Å². The summed E-state index contributed by atoms with van der Waals surface area (Å²) in [5.74, 6) is -1.11. The number of aliphatic hydroxyl groups is 1. The van der Waals surface area contributed by atoms with Crippen molar-refractivity contribution in [2.75, 3.05) is 19.8 Å². The Kier molecular flexibility index (Phi) is 9.09. The summed E-state index contributed by atoms with van der Waals surface area (Å²) in [6.45, 7) is 9.52. The molecule has 0 radical (unpaired) electrons. The predicted octanol–water partition coefficient (Wildman–Crippen LogP) is 5.52. The van der Waals surface area contributed by atoms with Gasteiger partial charge in [0, 0.05) is 38.8 Å². The summed E-state index contributed by atoms with van der Waals surface area (Å²) in [5.41, 5.74) is 4.59. The second-order valence-electron chi connectivity index (χ2n) is 9.93. The molecular weight excluding hydrogens is 467 g/mol. The normalized spacial score (nSPS) is 16.8. The van der Waals surface area contributed by atoms with Gasteiger partial charge in [0.25, 0.3) is 5.91 Å². The number of amides is 1. The van der Waals surface area contributed by atoms with E-state index in [4.69, 9.17) is 4.74 Å². The van der Waals surface area contributed by atoms with Crippen LogP contribution in [0.4, 0.5) is 4.39 Å². The molecular formula is C31H37FN2O3. The lowest BCUT2D eigenvalue weighted by Gasteiger charge is -2.27. The summed E-state index contributed by atoms with van der Waals surface area (Å²) in [5, 5.41) is 13.7. The Hall–Kier alpha value is -3.06. The largest absolute Gasteiger partial charge is 0.390 e. The van der Waals surface area contributed by atoms with Gasteiger partial charge in [-0.15, -0.1) is 0 Å². The summed E-state index contributed by atoms with van der Waals surface area (Å²) in [6, 6.07) is 20.1. The molecule has 0 fully saturated rings. The molecule has 1 aliphatic carbocycles. The standard InChI is InChI=1S/C31H37FN2O3/c1-4-37-16-8-15-34(21(2)3)20-22-11-12-25-19-29(35)30(27(25)17-22)33-31(36)26-14-13-24(18-28(26)32)23-9-6-5-7-10-23/h5-7,9-14,17-18,21,29-30,35H,4,8,15-16,19-20H2,1-3H3,(H,33,36)/t29-,30-/m1/s1. The van der Waals surface area contributed by atoms with Gasteiger partial charge in [0.15, 0.2) is 0 Å². The van der Waals surface area contributed by atoms with Crippen LogP contribution >= 0.6 is 0 Å². The van der Waals surface area contributed by atoms with Crippen molar-refractivity contribution in [2.45, 2.75) is 58.3 Å². The van der Waals surface area contributed by atoms with Crippen molar-refractivity contribution in [1.82, 2.24) is 10.2 Å². The van der Waals surface area contributed by atoms with Crippen LogP contribution in [-0.4, -0.2) is 47.8 Å². The Morgan fingerprint density at radius 3 is 2.59 bits per heavy atom. The number of hydrogen-bond acceptors (Lipinski definition) is 4. The van der Waals surface area contributed by atoms with Gasteiger partial charge in [-0.05, 0) is 67.1 Å². The van der Waals surface area contributed by atoms with E-state index in [1.165, 1.54) is 12.1 Å². The fourth-order valence-corrected chi connectivity index (χ4v) is 4.94. The van der Waals surface area contributed by atoms with Gasteiger partial charge in [-0.3, -0.25) is 9.69 Å². The van der Waals surface area contributed by atoms with E-state index in [2.05, 4.69) is 36.2 Å². The molecule has 0 aromatic heterocycles. The first kappa shape index (κ1) is 27.0. The molecule has 2 N–H and O–H groups in total. The molecule has 0 spiro atoms. The number of rotatable bonds is 11. The van der Waals surface area contributed by atoms with Crippen LogP contribution in [0.3, 0.4) is 0 Å². The Labute approximate surface area is 219 Å². The van der Waals surface area contributed by atoms with Crippen molar-refractivity contribution in [3.8, 4) is 11.1 Å². The summed E-state index contributed by atoms with van der Waals surface area (Å²) in [6.07, 6.45) is 0.662. The zero-order valence-corrected chi connectivity index (χ0v) is 21.9. The molecule has 3 aromatic carbocycles. The SMILES string of the molecule is CCOCCCN(Cc1ccc2c(c1)[C@@H](NC(=O)c1ccc(-c3ccccc3)cc1F)[C@H](O)C2)C(C)C. The van der Waals surface area contributed by atoms with Gasteiger partial charge in [-0.2, -0.15) is 0 Å². The van der Waals surface area contributed by atoms with Crippen LogP contribution in [0.15, 0.2) is 66.7 Å². The van der Waals surface area contributed by atoms with Crippen LogP contribution in [0.2, 0.25) is 0 Å². The van der Waals surface area contributed by atoms with Gasteiger partial charge in [0.1, 0.15) is 5.82 Å². The van der Waals surface area contributed by atoms with E-state index in [-0.39, 0.29) is 5.56 Å². The molecule has 2 atom stereocenters. The van der Waals surface area contributed by atoms with Crippen molar-refractivity contribution < 1.29 is 19.0 Å². The minimum absolute atomic E-state index is 0.0308. The second-order valence-corrected chi connectivity index (χ2v) is 9.93. The molecule has 0 aliphatic heterocycles. The Morgan fingerprint density at radius 1 is 1.11 bits per heavy atom. The van der Waals surface area contributed by atoms with Gasteiger partial charge < -0.3 is 15.2 Å². The fraction of sp³-hybridized carbons (Fsp3) is 0.387. The summed E-state index contributed by atoms with van der Waals surface area (Å²) in [7, 11) is 0. The molecule has 0 saturated heterocycles. The Morgan fingerprint density at radius 2 is 1.89 bits per heavy atom. The lowest BCUT2D eigenvalue weighted by molar-refractivity contribution is 0.0854. The molecule has 37 heavy (non-hydrogen) atoms. The number of ether oxygens (including phenoxy) is 1. The van der Waals surface area contributed by atoms with E-state index in [1.54, 1.807) is 6.07 Å². The minimum atomic E-state index is -0.756. The van der Waals surface area contributed by atoms with Gasteiger partial charge in [0.05, 0.1) is 17.7 Å². The molecule has 0 unspecified atom stereocenters. The van der Waals surface area contributed by atoms with Crippen LogP contribution in [0.25, 0.3) is 11.1 Å². The van der Waals surface area contributed by atoms with Gasteiger partial charge >= 0.3 is 0 Å². The van der Waals surface area contributed by atoms with Crippen LogP contribution in [0.5, 0.6) is 0 Å². The maximum absolute atomic E-state index is 14.9. The third kappa shape index (κ3) is 6.63. The van der Waals surface area contributed by atoms with E-state index in [1.807, 2.05) is 43.3 Å². The maximum Gasteiger partial charge on any atom is 0.254 e. The highest BCUT2D eigenvalue weighted by molar-refractivity contribution is 5.95. The highest BCUT2D eigenvalue weighted by atomic mass is 19.1. The van der Waals surface area contributed by atoms with Crippen LogP contribution in [0.1, 0.15) is 60.3 Å². The number of carbonyl (C=O) groups excluding carboxylic acids is 1. The van der Waals surface area contributed by atoms with Gasteiger partial charge in [-0.25, -0.2) is 4.39 Å². The van der Waals surface area contributed by atoms with Crippen molar-refractivity contribution in [3.05, 3.63) is 94.8 Å². The molecule has 3 aromatic rings. The molecule has 196 valence electrons. The molecule has 4 rings (SSSR count). The third-order valence-electron chi connectivity index (χ3n) is 7.02. The second kappa shape index (κ2) is 12.5. The van der Waals surface area contributed by atoms with E-state index < -0.39 is 23.9 Å². The molecule has 0 saturated carbocycles. The summed E-state index contributed by atoms with van der Waals surface area (Å²) >= 11 is 0. The fourth-order valence-electron chi connectivity index (χ4n) is 4.94. The minimum Gasteiger partial charge on any atom is -0.390 e. The van der Waals surface area contributed by atoms with Crippen molar-refractivity contribution in [2.24, 2.45) is 0 Å². The number of aliphatic hydroxyl groups excluding tert-OH is 1. The maximum atomic E-state index is 14.9. The van der Waals surface area contributed by atoms with E-state index in [0.717, 1.165) is 55.0 Å². The average Bonchev–Trinajstić information content (AvgIpc) is 3.20. The molecule has 5 nitrogen and oxygen atoms in total. The zero-order valence-electron chi connectivity index (χ0n) is 21.9. The van der Waals surface area contributed by atoms with Crippen LogP contribution < -0.4 is 5.32 Å². The lowest BCUT2D eigenvalue weighted by Crippen LogP contribution is -2.34. The number of benzene rings is 3. The highest BCUT2D eigenvalue weighted by Crippen LogP contribution is 2.33. The Bertz CT molecular complexity index is 1200. The molecule has 1 aliphatic rings. The number of nitrogens with one attached hydrogen (secondary N) is 1. The molecule has 0 bridgehead atoms. The number of halogens is 1.